The number of ether oxygens (including phenoxy) is 1. The van der Waals surface area contributed by atoms with E-state index in [-0.39, 0.29) is 6.07 Å². The van der Waals surface area contributed by atoms with Crippen LogP contribution in [0.2, 0.25) is 0 Å². The third-order valence-electron chi connectivity index (χ3n) is 1.83. The number of halogens is 5. The topological polar surface area (TPSA) is 65.3 Å². The van der Waals surface area contributed by atoms with Crippen molar-refractivity contribution in [3.63, 3.8) is 0 Å². The van der Waals surface area contributed by atoms with Gasteiger partial charge in [0.2, 0.25) is 5.75 Å². The Bertz CT molecular complexity index is 475. The Balaban J connectivity index is 3.35. The maximum absolute atomic E-state index is 12.4. The summed E-state index contributed by atoms with van der Waals surface area (Å²) in [5.74, 6) is -2.64. The lowest BCUT2D eigenvalue weighted by Gasteiger charge is -2.10. The summed E-state index contributed by atoms with van der Waals surface area (Å²) in [5, 5.41) is 10.4. The zero-order valence-electron chi connectivity index (χ0n) is 8.66. The number of aromatic nitrogens is 1. The molecule has 0 N–H and O–H groups in total. The van der Waals surface area contributed by atoms with Crippen molar-refractivity contribution in [1.29, 1.82) is 0 Å². The summed E-state index contributed by atoms with van der Waals surface area (Å²) < 4.78 is 64.0. The van der Waals surface area contributed by atoms with Crippen LogP contribution in [-0.2, 0) is 0 Å². The Morgan fingerprint density at radius 2 is 2.00 bits per heavy atom. The molecule has 1 aromatic heterocycles. The minimum Gasteiger partial charge on any atom is -0.397 e. The van der Waals surface area contributed by atoms with Crippen molar-refractivity contribution in [3.05, 3.63) is 27.4 Å². The molecule has 0 radical (unpaired) electrons. The van der Waals surface area contributed by atoms with Crippen LogP contribution in [0.15, 0.2) is 6.07 Å². The van der Waals surface area contributed by atoms with Crippen LogP contribution in [0, 0.1) is 17.0 Å². The second-order valence-corrected chi connectivity index (χ2v) is 3.09. The van der Waals surface area contributed by atoms with E-state index in [1.807, 2.05) is 0 Å². The van der Waals surface area contributed by atoms with Gasteiger partial charge in [0.05, 0.1) is 5.56 Å². The molecule has 0 saturated carbocycles. The van der Waals surface area contributed by atoms with Crippen molar-refractivity contribution >= 4 is 5.82 Å². The quantitative estimate of drug-likeness (QED) is 0.481. The SMILES string of the molecule is Cc1nc([N+](=O)[O-])c(OC(F)(F)F)cc1C(F)F. The molecule has 10 heteroatoms. The van der Waals surface area contributed by atoms with E-state index in [0.717, 1.165) is 6.92 Å². The predicted octanol–water partition coefficient (Wildman–Crippen LogP) is 3.13. The molecule has 5 nitrogen and oxygen atoms in total. The van der Waals surface area contributed by atoms with Gasteiger partial charge in [-0.05, 0) is 9.91 Å². The number of pyridine rings is 1. The Hall–Kier alpha value is -2.00. The largest absolute Gasteiger partial charge is 0.573 e. The summed E-state index contributed by atoms with van der Waals surface area (Å²) in [7, 11) is 0. The normalized spacial score (nSPS) is 11.7. The summed E-state index contributed by atoms with van der Waals surface area (Å²) in [6, 6.07) is 0.263. The fourth-order valence-electron chi connectivity index (χ4n) is 1.14. The minimum absolute atomic E-state index is 0.263. The first-order valence-electron chi connectivity index (χ1n) is 4.31. The zero-order valence-corrected chi connectivity index (χ0v) is 8.66. The van der Waals surface area contributed by atoms with Crippen LogP contribution >= 0.6 is 0 Å². The predicted molar refractivity (Wildman–Crippen MR) is 47.3 cm³/mol. The van der Waals surface area contributed by atoms with Gasteiger partial charge in [-0.1, -0.05) is 0 Å². The minimum atomic E-state index is -5.24. The van der Waals surface area contributed by atoms with Crippen LogP contribution in [-0.4, -0.2) is 16.3 Å². The molecule has 18 heavy (non-hydrogen) atoms. The van der Waals surface area contributed by atoms with Gasteiger partial charge in [0.1, 0.15) is 0 Å². The van der Waals surface area contributed by atoms with E-state index >= 15 is 0 Å². The van der Waals surface area contributed by atoms with Crippen molar-refractivity contribution in [3.8, 4) is 5.75 Å². The van der Waals surface area contributed by atoms with E-state index in [2.05, 4.69) is 9.72 Å². The molecule has 0 aliphatic carbocycles. The van der Waals surface area contributed by atoms with Gasteiger partial charge in [-0.2, -0.15) is 0 Å². The number of hydrogen-bond acceptors (Lipinski definition) is 4. The van der Waals surface area contributed by atoms with Crippen LogP contribution in [0.4, 0.5) is 27.8 Å². The van der Waals surface area contributed by atoms with Gasteiger partial charge < -0.3 is 14.9 Å². The average Bonchev–Trinajstić information content (AvgIpc) is 2.17. The Morgan fingerprint density at radius 3 is 2.39 bits per heavy atom. The molecule has 0 aliphatic rings. The second kappa shape index (κ2) is 4.70. The highest BCUT2D eigenvalue weighted by molar-refractivity contribution is 5.44. The Kier molecular flexibility index (Phi) is 3.67. The van der Waals surface area contributed by atoms with Gasteiger partial charge in [0.15, 0.2) is 5.69 Å². The molecule has 0 aliphatic heterocycles. The van der Waals surface area contributed by atoms with Crippen molar-refractivity contribution in [2.75, 3.05) is 0 Å². The first-order chi connectivity index (χ1) is 8.11. The number of aryl methyl sites for hydroxylation is 1. The molecule has 1 aromatic rings. The summed E-state index contributed by atoms with van der Waals surface area (Å²) in [5.41, 5.74) is -1.30. The third kappa shape index (κ3) is 3.25. The highest BCUT2D eigenvalue weighted by atomic mass is 19.4. The van der Waals surface area contributed by atoms with Gasteiger partial charge in [-0.3, -0.25) is 0 Å². The van der Waals surface area contributed by atoms with Gasteiger partial charge in [-0.25, -0.2) is 8.78 Å². The monoisotopic (exact) mass is 272 g/mol. The number of nitro groups is 1. The lowest BCUT2D eigenvalue weighted by Crippen LogP contribution is -2.18. The molecule has 0 spiro atoms. The lowest BCUT2D eigenvalue weighted by molar-refractivity contribution is -0.393. The molecule has 0 unspecified atom stereocenters. The summed E-state index contributed by atoms with van der Waals surface area (Å²) in [6.07, 6.45) is -8.35. The van der Waals surface area contributed by atoms with Crippen LogP contribution in [0.5, 0.6) is 5.75 Å². The van der Waals surface area contributed by atoms with Crippen molar-refractivity contribution in [2.45, 2.75) is 19.7 Å². The van der Waals surface area contributed by atoms with E-state index in [4.69, 9.17) is 0 Å². The first-order valence-corrected chi connectivity index (χ1v) is 4.31. The molecular formula is C8H5F5N2O3. The molecule has 0 saturated heterocycles. The fourth-order valence-corrected chi connectivity index (χ4v) is 1.14. The van der Waals surface area contributed by atoms with E-state index < -0.39 is 40.5 Å². The highest BCUT2D eigenvalue weighted by Gasteiger charge is 2.36. The second-order valence-electron chi connectivity index (χ2n) is 3.09. The summed E-state index contributed by atoms with van der Waals surface area (Å²) >= 11 is 0. The highest BCUT2D eigenvalue weighted by Crippen LogP contribution is 2.35. The number of rotatable bonds is 3. The van der Waals surface area contributed by atoms with Crippen LogP contribution in [0.25, 0.3) is 0 Å². The maximum Gasteiger partial charge on any atom is 0.573 e. The molecule has 0 fully saturated rings. The summed E-state index contributed by atoms with van der Waals surface area (Å²) in [4.78, 5) is 12.3. The maximum atomic E-state index is 12.4. The number of nitrogens with zero attached hydrogens (tertiary/aromatic N) is 2. The molecule has 1 heterocycles. The van der Waals surface area contributed by atoms with Crippen LogP contribution < -0.4 is 4.74 Å². The lowest BCUT2D eigenvalue weighted by atomic mass is 10.2. The van der Waals surface area contributed by atoms with Gasteiger partial charge in [0, 0.05) is 13.0 Å². The van der Waals surface area contributed by atoms with Gasteiger partial charge in [-0.15, -0.1) is 13.2 Å². The number of alkyl halides is 5. The van der Waals surface area contributed by atoms with Crippen LogP contribution in [0.1, 0.15) is 17.7 Å². The Labute approximate surface area is 96.3 Å². The van der Waals surface area contributed by atoms with Gasteiger partial charge >= 0.3 is 12.2 Å². The standard InChI is InChI=1S/C8H5F5N2O3/c1-3-4(6(9)10)2-5(18-8(11,12)13)7(14-3)15(16)17/h2,6H,1H3. The molecular weight excluding hydrogens is 267 g/mol. The van der Waals surface area contributed by atoms with E-state index in [1.165, 1.54) is 0 Å². The molecule has 0 aromatic carbocycles. The van der Waals surface area contributed by atoms with Gasteiger partial charge in [0.25, 0.3) is 6.43 Å². The van der Waals surface area contributed by atoms with E-state index in [9.17, 15) is 32.1 Å². The molecule has 0 bridgehead atoms. The summed E-state index contributed by atoms with van der Waals surface area (Å²) in [6.45, 7) is 1.02. The first kappa shape index (κ1) is 14.1. The van der Waals surface area contributed by atoms with Crippen LogP contribution in [0.3, 0.4) is 0 Å². The Morgan fingerprint density at radius 1 is 1.44 bits per heavy atom. The van der Waals surface area contributed by atoms with E-state index in [1.54, 1.807) is 0 Å². The van der Waals surface area contributed by atoms with Crippen molar-refractivity contribution in [2.24, 2.45) is 0 Å². The molecule has 1 rings (SSSR count). The molecule has 100 valence electrons. The average molecular weight is 272 g/mol. The smallest absolute Gasteiger partial charge is 0.397 e. The fraction of sp³-hybridized carbons (Fsp3) is 0.375. The molecule has 0 atom stereocenters. The number of hydrogen-bond donors (Lipinski definition) is 0. The van der Waals surface area contributed by atoms with Crippen molar-refractivity contribution in [1.82, 2.24) is 4.98 Å². The molecule has 0 amide bonds. The third-order valence-corrected chi connectivity index (χ3v) is 1.83. The van der Waals surface area contributed by atoms with Crippen molar-refractivity contribution < 1.29 is 31.6 Å². The van der Waals surface area contributed by atoms with E-state index in [0.29, 0.717) is 0 Å². The zero-order chi connectivity index (χ0) is 14.1.